The van der Waals surface area contributed by atoms with Crippen LogP contribution >= 0.6 is 15.9 Å². The molecule has 1 N–H and O–H groups in total. The van der Waals surface area contributed by atoms with Gasteiger partial charge >= 0.3 is 0 Å². The lowest BCUT2D eigenvalue weighted by molar-refractivity contribution is 0.209. The number of hydrogen-bond donors (Lipinski definition) is 1. The van der Waals surface area contributed by atoms with Crippen molar-refractivity contribution in [3.63, 3.8) is 0 Å². The lowest BCUT2D eigenvalue weighted by atomic mass is 9.99. The summed E-state index contributed by atoms with van der Waals surface area (Å²) in [5.41, 5.74) is 1.05. The van der Waals surface area contributed by atoms with E-state index in [1.165, 1.54) is 12.8 Å². The molecule has 0 radical (unpaired) electrons. The quantitative estimate of drug-likeness (QED) is 0.891. The number of halogens is 2. The molecule has 1 aliphatic rings. The molecule has 1 fully saturated rings. The van der Waals surface area contributed by atoms with E-state index in [9.17, 15) is 4.39 Å². The van der Waals surface area contributed by atoms with E-state index in [-0.39, 0.29) is 5.82 Å². The minimum Gasteiger partial charge on any atom is -0.316 e. The summed E-state index contributed by atoms with van der Waals surface area (Å²) in [6, 6.07) is 5.42. The Kier molecular flexibility index (Phi) is 5.79. The topological polar surface area (TPSA) is 15.3 Å². The molecule has 0 amide bonds. The number of piperidine rings is 1. The molecule has 2 nitrogen and oxygen atoms in total. The Bertz CT molecular complexity index is 405. The SMILES string of the molecule is CCN(Cc1ccc(Br)c(F)c1)CC1CCCNC1. The summed E-state index contributed by atoms with van der Waals surface area (Å²) in [6.07, 6.45) is 2.58. The van der Waals surface area contributed by atoms with Gasteiger partial charge in [-0.2, -0.15) is 0 Å². The molecule has 2 rings (SSSR count). The summed E-state index contributed by atoms with van der Waals surface area (Å²) in [5.74, 6) is 0.557. The number of benzene rings is 1. The van der Waals surface area contributed by atoms with Crippen molar-refractivity contribution in [2.75, 3.05) is 26.2 Å². The van der Waals surface area contributed by atoms with Gasteiger partial charge in [0.05, 0.1) is 4.47 Å². The molecule has 4 heteroatoms. The monoisotopic (exact) mass is 328 g/mol. The van der Waals surface area contributed by atoms with Crippen molar-refractivity contribution in [3.05, 3.63) is 34.1 Å². The van der Waals surface area contributed by atoms with E-state index >= 15 is 0 Å². The summed E-state index contributed by atoms with van der Waals surface area (Å²) < 4.78 is 14.1. The van der Waals surface area contributed by atoms with E-state index in [0.29, 0.717) is 4.47 Å². The number of hydrogen-bond acceptors (Lipinski definition) is 2. The predicted molar refractivity (Wildman–Crippen MR) is 80.6 cm³/mol. The first-order valence-electron chi connectivity index (χ1n) is 7.06. The van der Waals surface area contributed by atoms with Gasteiger partial charge in [0.1, 0.15) is 5.82 Å². The fraction of sp³-hybridized carbons (Fsp3) is 0.600. The molecule has 0 saturated carbocycles. The molecule has 19 heavy (non-hydrogen) atoms. The van der Waals surface area contributed by atoms with Crippen LogP contribution in [-0.2, 0) is 6.54 Å². The second-order valence-electron chi connectivity index (χ2n) is 5.29. The van der Waals surface area contributed by atoms with E-state index in [1.54, 1.807) is 12.1 Å². The second-order valence-corrected chi connectivity index (χ2v) is 6.14. The summed E-state index contributed by atoms with van der Waals surface area (Å²) in [4.78, 5) is 2.40. The average Bonchev–Trinajstić information content (AvgIpc) is 2.43. The van der Waals surface area contributed by atoms with Gasteiger partial charge in [0, 0.05) is 13.1 Å². The highest BCUT2D eigenvalue weighted by molar-refractivity contribution is 9.10. The minimum absolute atomic E-state index is 0.173. The summed E-state index contributed by atoms with van der Waals surface area (Å²) in [6.45, 7) is 7.38. The first-order chi connectivity index (χ1) is 9.19. The maximum Gasteiger partial charge on any atom is 0.137 e. The highest BCUT2D eigenvalue weighted by Gasteiger charge is 2.16. The van der Waals surface area contributed by atoms with Crippen molar-refractivity contribution in [1.29, 1.82) is 0 Å². The zero-order valence-electron chi connectivity index (χ0n) is 11.5. The van der Waals surface area contributed by atoms with Crippen molar-refractivity contribution < 1.29 is 4.39 Å². The number of nitrogens with one attached hydrogen (secondary N) is 1. The van der Waals surface area contributed by atoms with Gasteiger partial charge in [-0.3, -0.25) is 4.90 Å². The first-order valence-corrected chi connectivity index (χ1v) is 7.85. The Balaban J connectivity index is 1.92. The molecule has 0 aliphatic carbocycles. The molecular weight excluding hydrogens is 307 g/mol. The largest absolute Gasteiger partial charge is 0.316 e. The summed E-state index contributed by atoms with van der Waals surface area (Å²) in [7, 11) is 0. The van der Waals surface area contributed by atoms with Crippen LogP contribution < -0.4 is 5.32 Å². The standard InChI is InChI=1S/C15H22BrFN2/c1-2-19(11-13-4-3-7-18-9-13)10-12-5-6-14(16)15(17)8-12/h5-6,8,13,18H,2-4,7,9-11H2,1H3. The highest BCUT2D eigenvalue weighted by atomic mass is 79.9. The van der Waals surface area contributed by atoms with Crippen LogP contribution in [0.5, 0.6) is 0 Å². The zero-order chi connectivity index (χ0) is 13.7. The Morgan fingerprint density at radius 3 is 2.95 bits per heavy atom. The average molecular weight is 329 g/mol. The van der Waals surface area contributed by atoms with Gasteiger partial charge < -0.3 is 5.32 Å². The lowest BCUT2D eigenvalue weighted by Gasteiger charge is -2.29. The molecule has 1 saturated heterocycles. The molecule has 1 unspecified atom stereocenters. The zero-order valence-corrected chi connectivity index (χ0v) is 13.0. The van der Waals surface area contributed by atoms with Gasteiger partial charge in [0.2, 0.25) is 0 Å². The predicted octanol–water partition coefficient (Wildman–Crippen LogP) is 3.41. The smallest absolute Gasteiger partial charge is 0.137 e. The van der Waals surface area contributed by atoms with Gasteiger partial charge in [-0.15, -0.1) is 0 Å². The fourth-order valence-corrected chi connectivity index (χ4v) is 2.89. The first kappa shape index (κ1) is 14.9. The molecule has 0 bridgehead atoms. The van der Waals surface area contributed by atoms with Crippen LogP contribution in [0.3, 0.4) is 0 Å². The Morgan fingerprint density at radius 2 is 2.32 bits per heavy atom. The van der Waals surface area contributed by atoms with E-state index in [4.69, 9.17) is 0 Å². The minimum atomic E-state index is -0.173. The van der Waals surface area contributed by atoms with Crippen molar-refractivity contribution in [2.45, 2.75) is 26.3 Å². The second kappa shape index (κ2) is 7.36. The van der Waals surface area contributed by atoms with Crippen molar-refractivity contribution in [1.82, 2.24) is 10.2 Å². The van der Waals surface area contributed by atoms with Crippen molar-refractivity contribution >= 4 is 15.9 Å². The summed E-state index contributed by atoms with van der Waals surface area (Å²) in [5, 5.41) is 3.45. The number of rotatable bonds is 5. The third-order valence-corrected chi connectivity index (χ3v) is 4.40. The number of nitrogens with zero attached hydrogens (tertiary/aromatic N) is 1. The fourth-order valence-electron chi connectivity index (χ4n) is 2.65. The van der Waals surface area contributed by atoms with E-state index in [0.717, 1.165) is 44.2 Å². The third kappa shape index (κ3) is 4.55. The Morgan fingerprint density at radius 1 is 1.47 bits per heavy atom. The molecule has 0 spiro atoms. The van der Waals surface area contributed by atoms with E-state index in [2.05, 4.69) is 33.1 Å². The van der Waals surface area contributed by atoms with Crippen LogP contribution in [0.1, 0.15) is 25.3 Å². The van der Waals surface area contributed by atoms with Gasteiger partial charge in [-0.05, 0) is 72.0 Å². The Hall–Kier alpha value is -0.450. The van der Waals surface area contributed by atoms with Crippen molar-refractivity contribution in [3.8, 4) is 0 Å². The van der Waals surface area contributed by atoms with Crippen LogP contribution in [0.15, 0.2) is 22.7 Å². The van der Waals surface area contributed by atoms with Gasteiger partial charge in [-0.25, -0.2) is 4.39 Å². The molecule has 1 atom stereocenters. The van der Waals surface area contributed by atoms with Gasteiger partial charge in [-0.1, -0.05) is 13.0 Å². The highest BCUT2D eigenvalue weighted by Crippen LogP contribution is 2.18. The molecule has 106 valence electrons. The van der Waals surface area contributed by atoms with Crippen LogP contribution in [0.2, 0.25) is 0 Å². The van der Waals surface area contributed by atoms with E-state index < -0.39 is 0 Å². The molecule has 1 aromatic carbocycles. The van der Waals surface area contributed by atoms with E-state index in [1.807, 2.05) is 6.07 Å². The molecule has 1 aliphatic heterocycles. The van der Waals surface area contributed by atoms with Crippen LogP contribution in [0.25, 0.3) is 0 Å². The maximum atomic E-state index is 13.5. The molecule has 1 heterocycles. The molecule has 0 aromatic heterocycles. The molecular formula is C15H22BrFN2. The van der Waals surface area contributed by atoms with Crippen LogP contribution in [-0.4, -0.2) is 31.1 Å². The summed E-state index contributed by atoms with van der Waals surface area (Å²) >= 11 is 3.20. The van der Waals surface area contributed by atoms with Crippen LogP contribution in [0.4, 0.5) is 4.39 Å². The van der Waals surface area contributed by atoms with Crippen LogP contribution in [0, 0.1) is 11.7 Å². The maximum absolute atomic E-state index is 13.5. The normalized spacial score (nSPS) is 19.9. The third-order valence-electron chi connectivity index (χ3n) is 3.75. The Labute approximate surface area is 123 Å². The van der Waals surface area contributed by atoms with Gasteiger partial charge in [0.25, 0.3) is 0 Å². The van der Waals surface area contributed by atoms with Crippen molar-refractivity contribution in [2.24, 2.45) is 5.92 Å². The van der Waals surface area contributed by atoms with Gasteiger partial charge in [0.15, 0.2) is 0 Å². The molecule has 1 aromatic rings. The lowest BCUT2D eigenvalue weighted by Crippen LogP contribution is -2.38.